The van der Waals surface area contributed by atoms with E-state index in [-0.39, 0.29) is 12.5 Å². The SMILES string of the molecule is CCc1ccc(OCC(=O)Nc2nc(C)c(C)s2)cc1. The Balaban J connectivity index is 1.85. The predicted molar refractivity (Wildman–Crippen MR) is 81.5 cm³/mol. The van der Waals surface area contributed by atoms with Crippen molar-refractivity contribution >= 4 is 22.4 Å². The zero-order valence-electron chi connectivity index (χ0n) is 11.9. The summed E-state index contributed by atoms with van der Waals surface area (Å²) in [5.41, 5.74) is 2.19. The second-order valence-electron chi connectivity index (χ2n) is 4.49. The summed E-state index contributed by atoms with van der Waals surface area (Å²) in [6.45, 7) is 5.99. The number of benzene rings is 1. The molecule has 0 radical (unpaired) electrons. The summed E-state index contributed by atoms with van der Waals surface area (Å²) in [4.78, 5) is 17.1. The minimum atomic E-state index is -0.196. The number of hydrogen-bond acceptors (Lipinski definition) is 4. The van der Waals surface area contributed by atoms with Gasteiger partial charge in [0.25, 0.3) is 5.91 Å². The first-order valence-corrected chi connectivity index (χ1v) is 7.35. The highest BCUT2D eigenvalue weighted by Gasteiger charge is 2.08. The molecule has 0 spiro atoms. The fourth-order valence-corrected chi connectivity index (χ4v) is 2.48. The molecule has 4 nitrogen and oxygen atoms in total. The molecule has 1 N–H and O–H groups in total. The lowest BCUT2D eigenvalue weighted by Crippen LogP contribution is -2.20. The second kappa shape index (κ2) is 6.52. The molecule has 0 fully saturated rings. The summed E-state index contributed by atoms with van der Waals surface area (Å²) < 4.78 is 5.44. The molecule has 20 heavy (non-hydrogen) atoms. The first-order chi connectivity index (χ1) is 9.58. The molecule has 0 aliphatic carbocycles. The summed E-state index contributed by atoms with van der Waals surface area (Å²) in [7, 11) is 0. The minimum Gasteiger partial charge on any atom is -0.484 e. The van der Waals surface area contributed by atoms with E-state index < -0.39 is 0 Å². The van der Waals surface area contributed by atoms with E-state index in [1.54, 1.807) is 0 Å². The van der Waals surface area contributed by atoms with Gasteiger partial charge in [-0.15, -0.1) is 11.3 Å². The first-order valence-electron chi connectivity index (χ1n) is 6.54. The molecular weight excluding hydrogens is 272 g/mol. The Bertz CT molecular complexity index is 571. The second-order valence-corrected chi connectivity index (χ2v) is 5.70. The molecular formula is C15H18N2O2S. The standard InChI is InChI=1S/C15H18N2O2S/c1-4-12-5-7-13(8-6-12)19-9-14(18)17-15-16-10(2)11(3)20-15/h5-8H,4,9H2,1-3H3,(H,16,17,18). The Morgan fingerprint density at radius 2 is 2.00 bits per heavy atom. The third-order valence-corrected chi connectivity index (χ3v) is 3.96. The number of thiazole rings is 1. The van der Waals surface area contributed by atoms with Crippen molar-refractivity contribution in [1.29, 1.82) is 0 Å². The van der Waals surface area contributed by atoms with E-state index in [4.69, 9.17) is 4.74 Å². The van der Waals surface area contributed by atoms with Gasteiger partial charge in [0, 0.05) is 4.88 Å². The highest BCUT2D eigenvalue weighted by molar-refractivity contribution is 7.15. The molecule has 2 rings (SSSR count). The Hall–Kier alpha value is -1.88. The number of hydrogen-bond donors (Lipinski definition) is 1. The van der Waals surface area contributed by atoms with Gasteiger partial charge in [0.05, 0.1) is 5.69 Å². The fraction of sp³-hybridized carbons (Fsp3) is 0.333. The van der Waals surface area contributed by atoms with Crippen LogP contribution < -0.4 is 10.1 Å². The van der Waals surface area contributed by atoms with Crippen LogP contribution in [0.3, 0.4) is 0 Å². The number of aryl methyl sites for hydroxylation is 3. The number of carbonyl (C=O) groups excluding carboxylic acids is 1. The van der Waals surface area contributed by atoms with Crippen LogP contribution in [-0.2, 0) is 11.2 Å². The average molecular weight is 290 g/mol. The molecule has 0 aliphatic heterocycles. The molecule has 1 aromatic heterocycles. The molecule has 0 aliphatic rings. The smallest absolute Gasteiger partial charge is 0.264 e. The number of anilines is 1. The molecule has 0 atom stereocenters. The zero-order chi connectivity index (χ0) is 14.5. The van der Waals surface area contributed by atoms with Crippen LogP contribution in [0.2, 0.25) is 0 Å². The van der Waals surface area contributed by atoms with Gasteiger partial charge in [-0.3, -0.25) is 10.1 Å². The number of ether oxygens (including phenoxy) is 1. The van der Waals surface area contributed by atoms with Crippen LogP contribution in [0, 0.1) is 13.8 Å². The molecule has 0 bridgehead atoms. The van der Waals surface area contributed by atoms with Gasteiger partial charge in [-0.2, -0.15) is 0 Å². The van der Waals surface area contributed by atoms with Crippen LogP contribution in [0.1, 0.15) is 23.1 Å². The van der Waals surface area contributed by atoms with Gasteiger partial charge in [0.2, 0.25) is 0 Å². The molecule has 1 aromatic carbocycles. The van der Waals surface area contributed by atoms with Crippen molar-refractivity contribution in [2.45, 2.75) is 27.2 Å². The number of amides is 1. The summed E-state index contributed by atoms with van der Waals surface area (Å²) in [6, 6.07) is 7.76. The lowest BCUT2D eigenvalue weighted by atomic mass is 10.2. The quantitative estimate of drug-likeness (QED) is 0.919. The van der Waals surface area contributed by atoms with E-state index in [0.717, 1.165) is 17.0 Å². The van der Waals surface area contributed by atoms with Gasteiger partial charge in [0.1, 0.15) is 5.75 Å². The van der Waals surface area contributed by atoms with E-state index in [0.29, 0.717) is 10.9 Å². The van der Waals surface area contributed by atoms with Gasteiger partial charge in [-0.25, -0.2) is 4.98 Å². The predicted octanol–water partition coefficient (Wildman–Crippen LogP) is 3.34. The molecule has 106 valence electrons. The molecule has 2 aromatic rings. The van der Waals surface area contributed by atoms with Gasteiger partial charge < -0.3 is 4.74 Å². The third kappa shape index (κ3) is 3.81. The van der Waals surface area contributed by atoms with Crippen molar-refractivity contribution < 1.29 is 9.53 Å². The van der Waals surface area contributed by atoms with Crippen LogP contribution in [-0.4, -0.2) is 17.5 Å². The Morgan fingerprint density at radius 1 is 1.30 bits per heavy atom. The maximum Gasteiger partial charge on any atom is 0.264 e. The Kier molecular flexibility index (Phi) is 4.74. The van der Waals surface area contributed by atoms with Gasteiger partial charge in [0.15, 0.2) is 11.7 Å². The third-order valence-electron chi connectivity index (χ3n) is 2.98. The van der Waals surface area contributed by atoms with Crippen LogP contribution in [0.25, 0.3) is 0 Å². The van der Waals surface area contributed by atoms with Crippen LogP contribution in [0.15, 0.2) is 24.3 Å². The van der Waals surface area contributed by atoms with Gasteiger partial charge in [-0.1, -0.05) is 19.1 Å². The van der Waals surface area contributed by atoms with Gasteiger partial charge >= 0.3 is 0 Å². The maximum absolute atomic E-state index is 11.8. The van der Waals surface area contributed by atoms with Crippen molar-refractivity contribution in [3.8, 4) is 5.75 Å². The monoisotopic (exact) mass is 290 g/mol. The van der Waals surface area contributed by atoms with E-state index in [9.17, 15) is 4.79 Å². The van der Waals surface area contributed by atoms with Crippen LogP contribution in [0.5, 0.6) is 5.75 Å². The summed E-state index contributed by atoms with van der Waals surface area (Å²) in [5.74, 6) is 0.502. The number of nitrogens with one attached hydrogen (secondary N) is 1. The lowest BCUT2D eigenvalue weighted by molar-refractivity contribution is -0.118. The molecule has 0 saturated heterocycles. The zero-order valence-corrected chi connectivity index (χ0v) is 12.7. The van der Waals surface area contributed by atoms with Crippen LogP contribution >= 0.6 is 11.3 Å². The molecule has 1 heterocycles. The van der Waals surface area contributed by atoms with Crippen molar-refractivity contribution in [3.05, 3.63) is 40.4 Å². The molecule has 0 saturated carbocycles. The maximum atomic E-state index is 11.8. The molecule has 1 amide bonds. The summed E-state index contributed by atoms with van der Waals surface area (Å²) in [6.07, 6.45) is 0.990. The van der Waals surface area contributed by atoms with E-state index in [1.165, 1.54) is 16.9 Å². The number of nitrogens with zero attached hydrogens (tertiary/aromatic N) is 1. The van der Waals surface area contributed by atoms with E-state index in [2.05, 4.69) is 17.2 Å². The highest BCUT2D eigenvalue weighted by atomic mass is 32.1. The number of rotatable bonds is 5. The average Bonchev–Trinajstić information content (AvgIpc) is 2.75. The first kappa shape index (κ1) is 14.5. The van der Waals surface area contributed by atoms with Crippen molar-refractivity contribution in [2.75, 3.05) is 11.9 Å². The Morgan fingerprint density at radius 3 is 2.55 bits per heavy atom. The lowest BCUT2D eigenvalue weighted by Gasteiger charge is -2.06. The van der Waals surface area contributed by atoms with Gasteiger partial charge in [-0.05, 0) is 38.0 Å². The van der Waals surface area contributed by atoms with Crippen LogP contribution in [0.4, 0.5) is 5.13 Å². The van der Waals surface area contributed by atoms with E-state index >= 15 is 0 Å². The van der Waals surface area contributed by atoms with Crippen molar-refractivity contribution in [3.63, 3.8) is 0 Å². The highest BCUT2D eigenvalue weighted by Crippen LogP contribution is 2.21. The topological polar surface area (TPSA) is 51.2 Å². The minimum absolute atomic E-state index is 0.0108. The number of carbonyl (C=O) groups is 1. The summed E-state index contributed by atoms with van der Waals surface area (Å²) >= 11 is 1.47. The Labute approximate surface area is 122 Å². The summed E-state index contributed by atoms with van der Waals surface area (Å²) in [5, 5.41) is 3.36. The van der Waals surface area contributed by atoms with Crippen molar-refractivity contribution in [1.82, 2.24) is 4.98 Å². The molecule has 0 unspecified atom stereocenters. The van der Waals surface area contributed by atoms with Crippen molar-refractivity contribution in [2.24, 2.45) is 0 Å². The number of aromatic nitrogens is 1. The fourth-order valence-electron chi connectivity index (χ4n) is 1.65. The normalized spacial score (nSPS) is 10.3. The van der Waals surface area contributed by atoms with E-state index in [1.807, 2.05) is 38.1 Å². The largest absolute Gasteiger partial charge is 0.484 e. The molecule has 5 heteroatoms.